The molecule has 21 heavy (non-hydrogen) atoms. The number of hydrogen-bond donors (Lipinski definition) is 1. The SMILES string of the molecule is CC(c1ccc(Br)cc1)N1CC(n2cc(C(=O)O)nn2)C1. The first-order valence-corrected chi connectivity index (χ1v) is 7.48. The van der Waals surface area contributed by atoms with Crippen LogP contribution in [0.4, 0.5) is 0 Å². The summed E-state index contributed by atoms with van der Waals surface area (Å²) in [6.45, 7) is 3.86. The van der Waals surface area contributed by atoms with Crippen LogP contribution in [0.15, 0.2) is 34.9 Å². The zero-order valence-electron chi connectivity index (χ0n) is 11.5. The second-order valence-corrected chi connectivity index (χ2v) is 6.14. The van der Waals surface area contributed by atoms with Gasteiger partial charge < -0.3 is 5.11 Å². The number of aromatic carboxylic acids is 1. The number of nitrogens with zero attached hydrogens (tertiary/aromatic N) is 4. The molecule has 1 unspecified atom stereocenters. The lowest BCUT2D eigenvalue weighted by Gasteiger charge is -2.43. The maximum absolute atomic E-state index is 10.8. The molecule has 1 atom stereocenters. The van der Waals surface area contributed by atoms with Crippen molar-refractivity contribution in [2.75, 3.05) is 13.1 Å². The highest BCUT2D eigenvalue weighted by Gasteiger charge is 2.33. The molecule has 0 spiro atoms. The topological polar surface area (TPSA) is 71.2 Å². The molecule has 6 nitrogen and oxygen atoms in total. The fourth-order valence-electron chi connectivity index (χ4n) is 2.48. The normalized spacial score (nSPS) is 17.4. The van der Waals surface area contributed by atoms with Crippen LogP contribution in [0.25, 0.3) is 0 Å². The molecular formula is C14H15BrN4O2. The Kier molecular flexibility index (Phi) is 3.77. The number of carbonyl (C=O) groups is 1. The van der Waals surface area contributed by atoms with Crippen molar-refractivity contribution in [1.29, 1.82) is 0 Å². The summed E-state index contributed by atoms with van der Waals surface area (Å²) in [6.07, 6.45) is 1.49. The molecule has 1 aromatic carbocycles. The van der Waals surface area contributed by atoms with Crippen molar-refractivity contribution >= 4 is 21.9 Å². The van der Waals surface area contributed by atoms with Crippen molar-refractivity contribution in [2.45, 2.75) is 19.0 Å². The van der Waals surface area contributed by atoms with Crippen molar-refractivity contribution in [3.63, 3.8) is 0 Å². The van der Waals surface area contributed by atoms with Gasteiger partial charge >= 0.3 is 5.97 Å². The van der Waals surface area contributed by atoms with Gasteiger partial charge in [-0.05, 0) is 24.6 Å². The molecule has 1 aromatic heterocycles. The van der Waals surface area contributed by atoms with Crippen LogP contribution in [0, 0.1) is 0 Å². The smallest absolute Gasteiger partial charge is 0.358 e. The molecule has 3 rings (SSSR count). The van der Waals surface area contributed by atoms with E-state index >= 15 is 0 Å². The van der Waals surface area contributed by atoms with E-state index in [1.807, 2.05) is 12.1 Å². The van der Waals surface area contributed by atoms with Gasteiger partial charge in [0, 0.05) is 23.6 Å². The number of carboxylic acids is 1. The van der Waals surface area contributed by atoms with E-state index in [2.05, 4.69) is 50.2 Å². The third-order valence-corrected chi connectivity index (χ3v) is 4.42. The van der Waals surface area contributed by atoms with Crippen molar-refractivity contribution in [1.82, 2.24) is 19.9 Å². The summed E-state index contributed by atoms with van der Waals surface area (Å²) in [7, 11) is 0. The van der Waals surface area contributed by atoms with E-state index in [0.29, 0.717) is 6.04 Å². The van der Waals surface area contributed by atoms with E-state index in [9.17, 15) is 4.79 Å². The number of rotatable bonds is 4. The van der Waals surface area contributed by atoms with Crippen LogP contribution in [0.5, 0.6) is 0 Å². The van der Waals surface area contributed by atoms with E-state index in [1.165, 1.54) is 11.8 Å². The molecule has 1 aliphatic heterocycles. The molecule has 0 aliphatic carbocycles. The van der Waals surface area contributed by atoms with Gasteiger partial charge in [-0.1, -0.05) is 33.3 Å². The Hall–Kier alpha value is -1.73. The fraction of sp³-hybridized carbons (Fsp3) is 0.357. The molecule has 0 radical (unpaired) electrons. The second-order valence-electron chi connectivity index (χ2n) is 5.22. The van der Waals surface area contributed by atoms with Gasteiger partial charge in [0.1, 0.15) is 0 Å². The van der Waals surface area contributed by atoms with Crippen LogP contribution < -0.4 is 0 Å². The Morgan fingerprint density at radius 2 is 2.05 bits per heavy atom. The molecule has 1 fully saturated rings. The highest BCUT2D eigenvalue weighted by molar-refractivity contribution is 9.10. The Morgan fingerprint density at radius 1 is 1.38 bits per heavy atom. The highest BCUT2D eigenvalue weighted by atomic mass is 79.9. The summed E-state index contributed by atoms with van der Waals surface area (Å²) >= 11 is 3.44. The number of carboxylic acid groups (broad SMARTS) is 1. The molecule has 1 aliphatic rings. The first-order valence-electron chi connectivity index (χ1n) is 6.69. The Bertz CT molecular complexity index is 649. The highest BCUT2D eigenvalue weighted by Crippen LogP contribution is 2.31. The van der Waals surface area contributed by atoms with Crippen LogP contribution in [0.2, 0.25) is 0 Å². The minimum absolute atomic E-state index is 0.00518. The molecule has 0 amide bonds. The lowest BCUT2D eigenvalue weighted by Crippen LogP contribution is -2.48. The van der Waals surface area contributed by atoms with E-state index in [4.69, 9.17) is 5.11 Å². The van der Waals surface area contributed by atoms with E-state index < -0.39 is 5.97 Å². The number of likely N-dealkylation sites (tertiary alicyclic amines) is 1. The zero-order chi connectivity index (χ0) is 15.0. The van der Waals surface area contributed by atoms with Crippen molar-refractivity contribution < 1.29 is 9.90 Å². The Balaban J connectivity index is 1.62. The van der Waals surface area contributed by atoms with Crippen LogP contribution in [0.1, 0.15) is 35.1 Å². The first-order chi connectivity index (χ1) is 10.0. The molecule has 2 heterocycles. The maximum Gasteiger partial charge on any atom is 0.358 e. The molecule has 7 heteroatoms. The molecule has 2 aromatic rings. The number of hydrogen-bond acceptors (Lipinski definition) is 4. The number of benzene rings is 1. The third kappa shape index (κ3) is 2.84. The van der Waals surface area contributed by atoms with E-state index in [-0.39, 0.29) is 11.7 Å². The van der Waals surface area contributed by atoms with Crippen LogP contribution in [-0.4, -0.2) is 44.1 Å². The van der Waals surface area contributed by atoms with E-state index in [1.54, 1.807) is 4.68 Å². The average Bonchev–Trinajstić information content (AvgIpc) is 2.87. The van der Waals surface area contributed by atoms with Crippen molar-refractivity contribution in [3.8, 4) is 0 Å². The standard InChI is InChI=1S/C14H15BrN4O2/c1-9(10-2-4-11(15)5-3-10)18-6-12(7-18)19-8-13(14(20)21)16-17-19/h2-5,8-9,12H,6-7H2,1H3,(H,20,21). The predicted molar refractivity (Wildman–Crippen MR) is 80.1 cm³/mol. The fourth-order valence-corrected chi connectivity index (χ4v) is 2.74. The van der Waals surface area contributed by atoms with Gasteiger partial charge in [0.25, 0.3) is 0 Å². The number of halogens is 1. The second kappa shape index (κ2) is 5.57. The largest absolute Gasteiger partial charge is 0.476 e. The molecule has 1 N–H and O–H groups in total. The molecular weight excluding hydrogens is 336 g/mol. The summed E-state index contributed by atoms with van der Waals surface area (Å²) < 4.78 is 2.72. The third-order valence-electron chi connectivity index (χ3n) is 3.89. The van der Waals surface area contributed by atoms with Crippen molar-refractivity contribution in [3.05, 3.63) is 46.2 Å². The average molecular weight is 351 g/mol. The maximum atomic E-state index is 10.8. The number of aromatic nitrogens is 3. The zero-order valence-corrected chi connectivity index (χ0v) is 13.1. The minimum Gasteiger partial charge on any atom is -0.476 e. The van der Waals surface area contributed by atoms with Gasteiger partial charge in [-0.15, -0.1) is 5.10 Å². The van der Waals surface area contributed by atoms with Gasteiger partial charge in [-0.25, -0.2) is 9.48 Å². The Labute approximate surface area is 130 Å². The van der Waals surface area contributed by atoms with Gasteiger partial charge in [-0.3, -0.25) is 4.90 Å². The van der Waals surface area contributed by atoms with Crippen LogP contribution in [0.3, 0.4) is 0 Å². The molecule has 0 saturated carbocycles. The summed E-state index contributed by atoms with van der Waals surface area (Å²) in [4.78, 5) is 13.1. The van der Waals surface area contributed by atoms with Gasteiger partial charge in [0.15, 0.2) is 5.69 Å². The van der Waals surface area contributed by atoms with Crippen LogP contribution in [-0.2, 0) is 0 Å². The Morgan fingerprint density at radius 3 is 2.62 bits per heavy atom. The lowest BCUT2D eigenvalue weighted by molar-refractivity contribution is 0.0585. The van der Waals surface area contributed by atoms with E-state index in [0.717, 1.165) is 17.6 Å². The quantitative estimate of drug-likeness (QED) is 0.916. The van der Waals surface area contributed by atoms with Gasteiger partial charge in [0.2, 0.25) is 0 Å². The summed E-state index contributed by atoms with van der Waals surface area (Å²) in [6, 6.07) is 8.83. The van der Waals surface area contributed by atoms with Crippen LogP contribution >= 0.6 is 15.9 Å². The summed E-state index contributed by atoms with van der Waals surface area (Å²) in [5.41, 5.74) is 1.26. The first kappa shape index (κ1) is 14.2. The summed E-state index contributed by atoms with van der Waals surface area (Å²) in [5, 5.41) is 16.4. The minimum atomic E-state index is -1.04. The predicted octanol–water partition coefficient (Wildman–Crippen LogP) is 2.36. The van der Waals surface area contributed by atoms with Gasteiger partial charge in [-0.2, -0.15) is 0 Å². The monoisotopic (exact) mass is 350 g/mol. The van der Waals surface area contributed by atoms with Crippen molar-refractivity contribution in [2.24, 2.45) is 0 Å². The molecule has 1 saturated heterocycles. The lowest BCUT2D eigenvalue weighted by atomic mass is 10.0. The molecule has 0 bridgehead atoms. The summed E-state index contributed by atoms with van der Waals surface area (Å²) in [5.74, 6) is -1.04. The molecule has 110 valence electrons. The van der Waals surface area contributed by atoms with Gasteiger partial charge in [0.05, 0.1) is 12.2 Å².